The summed E-state index contributed by atoms with van der Waals surface area (Å²) in [5.41, 5.74) is 1.19. The smallest absolute Gasteiger partial charge is 0.348 e. The van der Waals surface area contributed by atoms with Crippen molar-refractivity contribution in [2.45, 2.75) is 46.5 Å². The molecule has 0 saturated carbocycles. The maximum atomic E-state index is 13.3. The van der Waals surface area contributed by atoms with Gasteiger partial charge in [-0.1, -0.05) is 0 Å². The number of ether oxygens (including phenoxy) is 2. The third-order valence-corrected chi connectivity index (χ3v) is 7.39. The van der Waals surface area contributed by atoms with Crippen LogP contribution in [-0.4, -0.2) is 48.9 Å². The highest BCUT2D eigenvalue weighted by Crippen LogP contribution is 2.33. The fourth-order valence-corrected chi connectivity index (χ4v) is 5.51. The van der Waals surface area contributed by atoms with Gasteiger partial charge in [0.05, 0.1) is 29.3 Å². The summed E-state index contributed by atoms with van der Waals surface area (Å²) in [4.78, 5) is 51.9. The van der Waals surface area contributed by atoms with Crippen LogP contribution in [0.1, 0.15) is 69.1 Å². The Morgan fingerprint density at radius 2 is 1.79 bits per heavy atom. The lowest BCUT2D eigenvalue weighted by atomic mass is 10.00. The summed E-state index contributed by atoms with van der Waals surface area (Å²) in [5.74, 6) is -1.88. The lowest BCUT2D eigenvalue weighted by Crippen LogP contribution is -2.30. The third-order valence-electron chi connectivity index (χ3n) is 6.12. The number of rotatable bonds is 10. The number of non-ortho nitro benzene ring substituents is 1. The van der Waals surface area contributed by atoms with Crippen LogP contribution in [-0.2, 0) is 20.7 Å². The van der Waals surface area contributed by atoms with Gasteiger partial charge in [-0.2, -0.15) is 5.26 Å². The van der Waals surface area contributed by atoms with Crippen molar-refractivity contribution < 1.29 is 28.8 Å². The number of benzene rings is 1. The van der Waals surface area contributed by atoms with Gasteiger partial charge < -0.3 is 14.4 Å². The number of ketones is 1. The summed E-state index contributed by atoms with van der Waals surface area (Å²) in [5, 5.41) is 21.3. The first-order valence-electron chi connectivity index (χ1n) is 12.4. The third kappa shape index (κ3) is 6.44. The van der Waals surface area contributed by atoms with Crippen LogP contribution in [0.5, 0.6) is 0 Å². The summed E-state index contributed by atoms with van der Waals surface area (Å²) in [6.45, 7) is 6.66. The van der Waals surface area contributed by atoms with Gasteiger partial charge in [-0.15, -0.1) is 11.3 Å². The van der Waals surface area contributed by atoms with Gasteiger partial charge in [0.2, 0.25) is 0 Å². The first kappa shape index (κ1) is 28.5. The van der Waals surface area contributed by atoms with Crippen molar-refractivity contribution in [2.24, 2.45) is 0 Å². The number of nitro groups is 1. The average molecular weight is 540 g/mol. The van der Waals surface area contributed by atoms with Crippen LogP contribution in [0.2, 0.25) is 0 Å². The summed E-state index contributed by atoms with van der Waals surface area (Å²) >= 11 is 0.953. The van der Waals surface area contributed by atoms with Gasteiger partial charge in [0.15, 0.2) is 5.78 Å². The van der Waals surface area contributed by atoms with Gasteiger partial charge in [0, 0.05) is 47.8 Å². The normalized spacial score (nSPS) is 13.5. The van der Waals surface area contributed by atoms with E-state index < -0.39 is 22.6 Å². The van der Waals surface area contributed by atoms with Gasteiger partial charge in [-0.25, -0.2) is 9.59 Å². The number of hydrogen-bond acceptors (Lipinski definition) is 10. The number of allylic oxidation sites excluding steroid dienone is 1. The SMILES string of the molecule is CCOC(=O)c1sc(CC(=O)/C(C#N)=C\c2cc([N+](=O)[O-])ccc2N2CCCCC2)c(C(=O)OCC)c1C. The molecule has 1 saturated heterocycles. The molecule has 2 aromatic rings. The van der Waals surface area contributed by atoms with E-state index in [-0.39, 0.29) is 46.2 Å². The number of anilines is 1. The minimum atomic E-state index is -0.673. The second-order valence-corrected chi connectivity index (χ2v) is 9.72. The predicted octanol–water partition coefficient (Wildman–Crippen LogP) is 5.03. The fraction of sp³-hybridized carbons (Fsp3) is 0.407. The molecule has 0 amide bonds. The number of carbonyl (C=O) groups is 3. The van der Waals surface area contributed by atoms with E-state index in [1.165, 1.54) is 18.2 Å². The number of piperidine rings is 1. The number of esters is 2. The highest BCUT2D eigenvalue weighted by Gasteiger charge is 2.28. The molecule has 1 fully saturated rings. The first-order chi connectivity index (χ1) is 18.2. The molecule has 1 aliphatic rings. The van der Waals surface area contributed by atoms with E-state index in [1.807, 2.05) is 6.07 Å². The summed E-state index contributed by atoms with van der Waals surface area (Å²) in [6, 6.07) is 6.31. The molecule has 200 valence electrons. The molecule has 3 rings (SSSR count). The molecule has 10 nitrogen and oxygen atoms in total. The van der Waals surface area contributed by atoms with Crippen molar-refractivity contribution in [1.29, 1.82) is 5.26 Å². The standard InChI is InChI=1S/C27H29N3O7S/c1-4-36-26(32)24-17(3)25(27(33)37-5-2)38-23(24)15-22(31)19(16-28)13-18-14-20(30(34)35)9-10-21(18)29-11-7-6-8-12-29/h9-10,13-14H,4-8,11-12,15H2,1-3H3/b19-13-. The first-order valence-corrected chi connectivity index (χ1v) is 13.2. The number of nitro benzene ring substituents is 1. The predicted molar refractivity (Wildman–Crippen MR) is 142 cm³/mol. The molecular weight excluding hydrogens is 510 g/mol. The number of carbonyl (C=O) groups excluding carboxylic acids is 3. The quantitative estimate of drug-likeness (QED) is 0.134. The Hall–Kier alpha value is -4.04. The monoisotopic (exact) mass is 539 g/mol. The lowest BCUT2D eigenvalue weighted by Gasteiger charge is -2.30. The molecule has 0 unspecified atom stereocenters. The zero-order valence-electron chi connectivity index (χ0n) is 21.6. The highest BCUT2D eigenvalue weighted by molar-refractivity contribution is 7.14. The van der Waals surface area contributed by atoms with E-state index in [9.17, 15) is 29.8 Å². The van der Waals surface area contributed by atoms with Crippen molar-refractivity contribution in [2.75, 3.05) is 31.2 Å². The molecule has 2 heterocycles. The van der Waals surface area contributed by atoms with Gasteiger partial charge in [-0.3, -0.25) is 14.9 Å². The Balaban J connectivity index is 2.02. The van der Waals surface area contributed by atoms with Crippen molar-refractivity contribution in [1.82, 2.24) is 0 Å². The van der Waals surface area contributed by atoms with Crippen LogP contribution in [0, 0.1) is 28.4 Å². The molecule has 0 radical (unpaired) electrons. The Morgan fingerprint density at radius 1 is 1.13 bits per heavy atom. The van der Waals surface area contributed by atoms with E-state index in [2.05, 4.69) is 4.90 Å². The maximum Gasteiger partial charge on any atom is 0.348 e. The number of nitriles is 1. The zero-order valence-corrected chi connectivity index (χ0v) is 22.4. The summed E-state index contributed by atoms with van der Waals surface area (Å²) < 4.78 is 10.2. The van der Waals surface area contributed by atoms with E-state index >= 15 is 0 Å². The van der Waals surface area contributed by atoms with Crippen LogP contribution in [0.25, 0.3) is 6.08 Å². The number of hydrogen-bond donors (Lipinski definition) is 0. The number of nitrogens with zero attached hydrogens (tertiary/aromatic N) is 3. The van der Waals surface area contributed by atoms with Crippen molar-refractivity contribution >= 4 is 46.5 Å². The van der Waals surface area contributed by atoms with Gasteiger partial charge in [0.25, 0.3) is 5.69 Å². The largest absolute Gasteiger partial charge is 0.462 e. The highest BCUT2D eigenvalue weighted by atomic mass is 32.1. The number of Topliss-reactive ketones (excluding diaryl/α,β-unsaturated/α-hetero) is 1. The van der Waals surface area contributed by atoms with E-state index in [0.29, 0.717) is 16.8 Å². The molecule has 0 spiro atoms. The average Bonchev–Trinajstić information content (AvgIpc) is 3.23. The van der Waals surface area contributed by atoms with Crippen molar-refractivity contribution in [3.05, 3.63) is 60.3 Å². The van der Waals surface area contributed by atoms with Gasteiger partial charge in [0.1, 0.15) is 10.9 Å². The van der Waals surface area contributed by atoms with E-state index in [1.54, 1.807) is 26.8 Å². The topological polar surface area (TPSA) is 140 Å². The Morgan fingerprint density at radius 3 is 2.39 bits per heavy atom. The van der Waals surface area contributed by atoms with Crippen molar-refractivity contribution in [3.8, 4) is 6.07 Å². The van der Waals surface area contributed by atoms with Crippen molar-refractivity contribution in [3.63, 3.8) is 0 Å². The number of thiophene rings is 1. The molecule has 0 bridgehead atoms. The van der Waals surface area contributed by atoms with E-state index in [4.69, 9.17) is 9.47 Å². The second kappa shape index (κ2) is 13.0. The van der Waals surface area contributed by atoms with Crippen LogP contribution in [0.4, 0.5) is 11.4 Å². The van der Waals surface area contributed by atoms with Crippen LogP contribution in [0.15, 0.2) is 23.8 Å². The zero-order chi connectivity index (χ0) is 27.8. The molecular formula is C27H29N3O7S. The Bertz CT molecular complexity index is 1320. The van der Waals surface area contributed by atoms with Crippen LogP contribution >= 0.6 is 11.3 Å². The van der Waals surface area contributed by atoms with Gasteiger partial charge >= 0.3 is 11.9 Å². The summed E-state index contributed by atoms with van der Waals surface area (Å²) in [7, 11) is 0. The second-order valence-electron chi connectivity index (χ2n) is 8.61. The van der Waals surface area contributed by atoms with Gasteiger partial charge in [-0.05, 0) is 57.7 Å². The fourth-order valence-electron chi connectivity index (χ4n) is 4.33. The molecule has 0 N–H and O–H groups in total. The molecule has 38 heavy (non-hydrogen) atoms. The Labute approximate surface area is 224 Å². The maximum absolute atomic E-state index is 13.3. The lowest BCUT2D eigenvalue weighted by molar-refractivity contribution is -0.384. The molecule has 0 atom stereocenters. The molecule has 0 aliphatic carbocycles. The molecule has 1 aromatic carbocycles. The molecule has 1 aliphatic heterocycles. The van der Waals surface area contributed by atoms with Crippen LogP contribution in [0.3, 0.4) is 0 Å². The molecule has 11 heteroatoms. The minimum Gasteiger partial charge on any atom is -0.462 e. The van der Waals surface area contributed by atoms with Crippen LogP contribution < -0.4 is 4.90 Å². The minimum absolute atomic E-state index is 0.103. The summed E-state index contributed by atoms with van der Waals surface area (Å²) in [6.07, 6.45) is 4.07. The Kier molecular flexibility index (Phi) is 9.73. The van der Waals surface area contributed by atoms with E-state index in [0.717, 1.165) is 43.7 Å². The molecule has 1 aromatic heterocycles.